The Balaban J connectivity index is 2.17. The van der Waals surface area contributed by atoms with Crippen molar-refractivity contribution in [3.05, 3.63) is 29.3 Å². The molecule has 1 fully saturated rings. The summed E-state index contributed by atoms with van der Waals surface area (Å²) in [4.78, 5) is 25.5. The Kier molecular flexibility index (Phi) is 4.50. The van der Waals surface area contributed by atoms with E-state index in [0.717, 1.165) is 11.1 Å². The first-order valence-corrected chi connectivity index (χ1v) is 7.05. The van der Waals surface area contributed by atoms with Gasteiger partial charge in [-0.1, -0.05) is 19.9 Å². The Morgan fingerprint density at radius 3 is 2.76 bits per heavy atom. The second kappa shape index (κ2) is 6.16. The van der Waals surface area contributed by atoms with E-state index in [1.807, 2.05) is 39.0 Å². The van der Waals surface area contributed by atoms with Crippen LogP contribution in [0.25, 0.3) is 0 Å². The van der Waals surface area contributed by atoms with Crippen LogP contribution in [0.2, 0.25) is 0 Å². The number of hydrogen-bond donors (Lipinski definition) is 0. The van der Waals surface area contributed by atoms with E-state index in [2.05, 4.69) is 0 Å². The van der Waals surface area contributed by atoms with E-state index in [4.69, 9.17) is 9.47 Å². The molecule has 1 aliphatic rings. The lowest BCUT2D eigenvalue weighted by atomic mass is 10.0. The van der Waals surface area contributed by atoms with E-state index < -0.39 is 6.09 Å². The standard InChI is InChI=1S/C16H21NO4/c1-10(2)14-9-21-16(19)17(14)15(18)8-12-5-11(3)6-13(7-12)20-4/h5-7,10,14H,8-9H2,1-4H3/t14-/m1/s1. The van der Waals surface area contributed by atoms with Crippen molar-refractivity contribution in [3.63, 3.8) is 0 Å². The number of nitrogens with zero attached hydrogens (tertiary/aromatic N) is 1. The molecule has 1 aliphatic heterocycles. The number of aryl methyl sites for hydroxylation is 1. The zero-order valence-electron chi connectivity index (χ0n) is 12.9. The number of cyclic esters (lactones) is 1. The van der Waals surface area contributed by atoms with Gasteiger partial charge in [-0.25, -0.2) is 9.69 Å². The molecule has 1 atom stereocenters. The molecule has 1 saturated heterocycles. The summed E-state index contributed by atoms with van der Waals surface area (Å²) in [7, 11) is 1.59. The van der Waals surface area contributed by atoms with Crippen LogP contribution < -0.4 is 4.74 Å². The van der Waals surface area contributed by atoms with Crippen molar-refractivity contribution in [1.82, 2.24) is 4.90 Å². The van der Waals surface area contributed by atoms with Gasteiger partial charge >= 0.3 is 6.09 Å². The van der Waals surface area contributed by atoms with Crippen molar-refractivity contribution < 1.29 is 19.1 Å². The van der Waals surface area contributed by atoms with Crippen molar-refractivity contribution in [2.75, 3.05) is 13.7 Å². The molecule has 2 rings (SSSR count). The van der Waals surface area contributed by atoms with Gasteiger partial charge in [-0.05, 0) is 36.1 Å². The molecule has 21 heavy (non-hydrogen) atoms. The lowest BCUT2D eigenvalue weighted by molar-refractivity contribution is -0.129. The minimum atomic E-state index is -0.543. The zero-order valence-corrected chi connectivity index (χ0v) is 12.9. The van der Waals surface area contributed by atoms with Gasteiger partial charge < -0.3 is 9.47 Å². The third-order valence-corrected chi connectivity index (χ3v) is 3.65. The first-order chi connectivity index (χ1) is 9.92. The smallest absolute Gasteiger partial charge is 0.416 e. The van der Waals surface area contributed by atoms with Gasteiger partial charge in [-0.2, -0.15) is 0 Å². The third-order valence-electron chi connectivity index (χ3n) is 3.65. The van der Waals surface area contributed by atoms with Crippen molar-refractivity contribution in [1.29, 1.82) is 0 Å². The highest BCUT2D eigenvalue weighted by atomic mass is 16.6. The average Bonchev–Trinajstić information content (AvgIpc) is 2.80. The maximum Gasteiger partial charge on any atom is 0.416 e. The SMILES string of the molecule is COc1cc(C)cc(CC(=O)N2C(=O)OC[C@@H]2C(C)C)c1. The molecular formula is C16H21NO4. The van der Waals surface area contributed by atoms with Crippen molar-refractivity contribution in [3.8, 4) is 5.75 Å². The van der Waals surface area contributed by atoms with Gasteiger partial charge in [0.1, 0.15) is 12.4 Å². The summed E-state index contributed by atoms with van der Waals surface area (Å²) in [6, 6.07) is 5.45. The number of benzene rings is 1. The van der Waals surface area contributed by atoms with Gasteiger partial charge in [0.25, 0.3) is 0 Å². The van der Waals surface area contributed by atoms with Gasteiger partial charge in [0.2, 0.25) is 5.91 Å². The number of rotatable bonds is 4. The maximum atomic E-state index is 12.4. The highest BCUT2D eigenvalue weighted by Gasteiger charge is 2.39. The molecule has 114 valence electrons. The van der Waals surface area contributed by atoms with Crippen LogP contribution in [0.3, 0.4) is 0 Å². The van der Waals surface area contributed by atoms with Crippen LogP contribution in [0, 0.1) is 12.8 Å². The lowest BCUT2D eigenvalue weighted by Crippen LogP contribution is -2.42. The van der Waals surface area contributed by atoms with E-state index in [1.54, 1.807) is 7.11 Å². The first kappa shape index (κ1) is 15.4. The number of methoxy groups -OCH3 is 1. The fraction of sp³-hybridized carbons (Fsp3) is 0.500. The van der Waals surface area contributed by atoms with Crippen molar-refractivity contribution in [2.24, 2.45) is 5.92 Å². The van der Waals surface area contributed by atoms with Crippen LogP contribution in [0.5, 0.6) is 5.75 Å². The molecule has 0 bridgehead atoms. The average molecular weight is 291 g/mol. The molecule has 0 spiro atoms. The Hall–Kier alpha value is -2.04. The third kappa shape index (κ3) is 3.35. The van der Waals surface area contributed by atoms with Crippen molar-refractivity contribution in [2.45, 2.75) is 33.2 Å². The van der Waals surface area contributed by atoms with Gasteiger partial charge in [0.05, 0.1) is 19.6 Å². The Morgan fingerprint density at radius 2 is 2.14 bits per heavy atom. The normalized spacial score (nSPS) is 18.0. The van der Waals surface area contributed by atoms with Crippen LogP contribution in [0.1, 0.15) is 25.0 Å². The van der Waals surface area contributed by atoms with Crippen molar-refractivity contribution >= 4 is 12.0 Å². The predicted molar refractivity (Wildman–Crippen MR) is 78.3 cm³/mol. The summed E-state index contributed by atoms with van der Waals surface area (Å²) >= 11 is 0. The molecule has 2 amide bonds. The van der Waals surface area contributed by atoms with E-state index in [1.165, 1.54) is 4.90 Å². The topological polar surface area (TPSA) is 55.8 Å². The lowest BCUT2D eigenvalue weighted by Gasteiger charge is -2.22. The molecule has 1 heterocycles. The van der Waals surface area contributed by atoms with Crippen LogP contribution >= 0.6 is 0 Å². The number of amides is 2. The van der Waals surface area contributed by atoms with Gasteiger partial charge in [-0.3, -0.25) is 4.79 Å². The fourth-order valence-electron chi connectivity index (χ4n) is 2.52. The quantitative estimate of drug-likeness (QED) is 0.855. The maximum absolute atomic E-state index is 12.4. The van der Waals surface area contributed by atoms with E-state index in [9.17, 15) is 9.59 Å². The van der Waals surface area contributed by atoms with Gasteiger partial charge in [-0.15, -0.1) is 0 Å². The first-order valence-electron chi connectivity index (χ1n) is 7.05. The number of imide groups is 1. The van der Waals surface area contributed by atoms with Crippen LogP contribution in [-0.4, -0.2) is 36.7 Å². The Morgan fingerprint density at radius 1 is 1.43 bits per heavy atom. The second-order valence-corrected chi connectivity index (χ2v) is 5.69. The van der Waals surface area contributed by atoms with E-state index >= 15 is 0 Å². The number of hydrogen-bond acceptors (Lipinski definition) is 4. The molecule has 0 N–H and O–H groups in total. The molecule has 0 aromatic heterocycles. The fourth-order valence-corrected chi connectivity index (χ4v) is 2.52. The molecule has 0 radical (unpaired) electrons. The van der Waals surface area contributed by atoms with Crippen LogP contribution in [0.15, 0.2) is 18.2 Å². The summed E-state index contributed by atoms with van der Waals surface area (Å²) in [5.41, 5.74) is 1.85. The highest BCUT2D eigenvalue weighted by molar-refractivity contribution is 5.94. The summed E-state index contributed by atoms with van der Waals surface area (Å²) in [5.74, 6) is 0.651. The summed E-state index contributed by atoms with van der Waals surface area (Å²) in [5, 5.41) is 0. The molecule has 0 aliphatic carbocycles. The highest BCUT2D eigenvalue weighted by Crippen LogP contribution is 2.22. The van der Waals surface area contributed by atoms with Gasteiger partial charge in [0.15, 0.2) is 0 Å². The molecule has 5 nitrogen and oxygen atoms in total. The minimum absolute atomic E-state index is 0.163. The van der Waals surface area contributed by atoms with Crippen LogP contribution in [0.4, 0.5) is 4.79 Å². The molecule has 1 aromatic rings. The Bertz CT molecular complexity index is 553. The summed E-state index contributed by atoms with van der Waals surface area (Å²) < 4.78 is 10.2. The number of carbonyl (C=O) groups is 2. The Labute approximate surface area is 124 Å². The molecule has 0 unspecified atom stereocenters. The monoisotopic (exact) mass is 291 g/mol. The number of carbonyl (C=O) groups excluding carboxylic acids is 2. The van der Waals surface area contributed by atoms with Gasteiger partial charge in [0, 0.05) is 0 Å². The summed E-state index contributed by atoms with van der Waals surface area (Å²) in [6.45, 7) is 6.17. The predicted octanol–water partition coefficient (Wildman–Crippen LogP) is 2.55. The molecule has 1 aromatic carbocycles. The molecular weight excluding hydrogens is 270 g/mol. The van der Waals surface area contributed by atoms with E-state index in [-0.39, 0.29) is 30.9 Å². The largest absolute Gasteiger partial charge is 0.497 e. The van der Waals surface area contributed by atoms with E-state index in [0.29, 0.717) is 5.75 Å². The number of ether oxygens (including phenoxy) is 2. The second-order valence-electron chi connectivity index (χ2n) is 5.69. The summed E-state index contributed by atoms with van der Waals surface area (Å²) in [6.07, 6.45) is -0.380. The van der Waals surface area contributed by atoms with Crippen LogP contribution in [-0.2, 0) is 16.0 Å². The minimum Gasteiger partial charge on any atom is -0.497 e. The molecule has 5 heteroatoms. The molecule has 0 saturated carbocycles. The zero-order chi connectivity index (χ0) is 15.6.